The number of hydrogen-bond donors (Lipinski definition) is 5. The quantitative estimate of drug-likeness (QED) is 0.326. The number of rotatable bonds is 10. The Morgan fingerprint density at radius 2 is 1.67 bits per heavy atom. The summed E-state index contributed by atoms with van der Waals surface area (Å²) >= 11 is 0. The molecule has 118 valence electrons. The summed E-state index contributed by atoms with van der Waals surface area (Å²) in [5.74, 6) is -4.20. The summed E-state index contributed by atoms with van der Waals surface area (Å²) in [7, 11) is 0. The molecule has 0 fully saturated rings. The molecule has 2 atom stereocenters. The predicted octanol–water partition coefficient (Wildman–Crippen LogP) is -0.831. The Morgan fingerprint density at radius 3 is 2.14 bits per heavy atom. The molecule has 0 heterocycles. The number of nitrogens with two attached hydrogens (primary N) is 1. The Labute approximate surface area is 120 Å². The van der Waals surface area contributed by atoms with Crippen molar-refractivity contribution in [3.63, 3.8) is 0 Å². The van der Waals surface area contributed by atoms with E-state index in [4.69, 9.17) is 21.1 Å². The molecule has 0 aliphatic rings. The molecule has 0 aromatic rings. The van der Waals surface area contributed by atoms with Crippen molar-refractivity contribution in [3.05, 3.63) is 12.2 Å². The van der Waals surface area contributed by atoms with E-state index in [1.165, 1.54) is 12.2 Å². The largest absolute Gasteiger partial charge is 0.481 e. The molecule has 0 saturated heterocycles. The van der Waals surface area contributed by atoms with Gasteiger partial charge in [-0.25, -0.2) is 4.79 Å². The van der Waals surface area contributed by atoms with Crippen LogP contribution in [0.4, 0.5) is 0 Å². The van der Waals surface area contributed by atoms with Crippen LogP contribution in [0.15, 0.2) is 12.2 Å². The molecule has 0 rings (SSSR count). The molecule has 0 aliphatic heterocycles. The maximum Gasteiger partial charge on any atom is 0.326 e. The van der Waals surface area contributed by atoms with Gasteiger partial charge in [0.05, 0.1) is 6.42 Å². The number of aliphatic carboxylic acids is 3. The fourth-order valence-electron chi connectivity index (χ4n) is 1.31. The molecule has 0 saturated carbocycles. The van der Waals surface area contributed by atoms with Gasteiger partial charge in [-0.05, 0) is 12.8 Å². The van der Waals surface area contributed by atoms with Crippen molar-refractivity contribution < 1.29 is 34.5 Å². The molecule has 6 N–H and O–H groups in total. The summed E-state index contributed by atoms with van der Waals surface area (Å²) in [6.07, 6.45) is 1.99. The fraction of sp³-hybridized carbons (Fsp3) is 0.500. The van der Waals surface area contributed by atoms with Gasteiger partial charge in [0, 0.05) is 6.42 Å². The third-order valence-electron chi connectivity index (χ3n) is 2.46. The summed E-state index contributed by atoms with van der Waals surface area (Å²) in [6, 6.07) is -2.39. The number of carbonyl (C=O) groups excluding carboxylic acids is 1. The highest BCUT2D eigenvalue weighted by atomic mass is 16.4. The zero-order chi connectivity index (χ0) is 16.4. The number of amides is 1. The van der Waals surface area contributed by atoms with E-state index in [0.29, 0.717) is 0 Å². The topological polar surface area (TPSA) is 167 Å². The van der Waals surface area contributed by atoms with Gasteiger partial charge in [-0.15, -0.1) is 0 Å². The molecule has 0 bridgehead atoms. The number of nitrogens with one attached hydrogen (secondary N) is 1. The molecule has 1 unspecified atom stereocenters. The van der Waals surface area contributed by atoms with Crippen molar-refractivity contribution in [2.24, 2.45) is 5.73 Å². The summed E-state index contributed by atoms with van der Waals surface area (Å²) in [5, 5.41) is 28.1. The van der Waals surface area contributed by atoms with Crippen LogP contribution in [-0.4, -0.2) is 51.2 Å². The second kappa shape index (κ2) is 9.48. The van der Waals surface area contributed by atoms with E-state index in [2.05, 4.69) is 5.32 Å². The minimum Gasteiger partial charge on any atom is -0.481 e. The van der Waals surface area contributed by atoms with Crippen molar-refractivity contribution in [1.29, 1.82) is 0 Å². The lowest BCUT2D eigenvalue weighted by atomic mass is 10.1. The lowest BCUT2D eigenvalue weighted by Crippen LogP contribution is -2.41. The SMILES string of the molecule is N[C@H](CCC(=O)NC(CC=CCC(=O)O)C(=O)O)C(=O)O. The summed E-state index contributed by atoms with van der Waals surface area (Å²) in [6.45, 7) is 0. The summed E-state index contributed by atoms with van der Waals surface area (Å²) < 4.78 is 0. The van der Waals surface area contributed by atoms with Crippen LogP contribution in [0.3, 0.4) is 0 Å². The Morgan fingerprint density at radius 1 is 1.05 bits per heavy atom. The number of carboxylic acids is 3. The van der Waals surface area contributed by atoms with E-state index in [9.17, 15) is 19.2 Å². The van der Waals surface area contributed by atoms with Gasteiger partial charge in [0.25, 0.3) is 0 Å². The van der Waals surface area contributed by atoms with E-state index < -0.39 is 35.9 Å². The Hall–Kier alpha value is -2.42. The van der Waals surface area contributed by atoms with Crippen LogP contribution >= 0.6 is 0 Å². The summed E-state index contributed by atoms with van der Waals surface area (Å²) in [5.41, 5.74) is 5.22. The molecule has 0 radical (unpaired) electrons. The van der Waals surface area contributed by atoms with Crippen molar-refractivity contribution >= 4 is 23.8 Å². The van der Waals surface area contributed by atoms with Crippen molar-refractivity contribution in [1.82, 2.24) is 5.32 Å². The van der Waals surface area contributed by atoms with Gasteiger partial charge in [-0.3, -0.25) is 14.4 Å². The third-order valence-corrected chi connectivity index (χ3v) is 2.46. The van der Waals surface area contributed by atoms with E-state index in [0.717, 1.165) is 0 Å². The van der Waals surface area contributed by atoms with Crippen LogP contribution < -0.4 is 11.1 Å². The summed E-state index contributed by atoms with van der Waals surface area (Å²) in [4.78, 5) is 43.1. The lowest BCUT2D eigenvalue weighted by molar-refractivity contribution is -0.142. The standard InChI is InChI=1S/C12H18N2O7/c13-7(11(18)19)5-6-9(15)14-8(12(20)21)3-1-2-4-10(16)17/h1-2,7-8H,3-6,13H2,(H,14,15)(H,16,17)(H,18,19)(H,20,21)/t7-,8?/m1/s1. The molecule has 1 amide bonds. The molecule has 9 nitrogen and oxygen atoms in total. The van der Waals surface area contributed by atoms with Crippen LogP contribution in [0.5, 0.6) is 0 Å². The van der Waals surface area contributed by atoms with Gasteiger partial charge in [0.2, 0.25) is 5.91 Å². The first kappa shape index (κ1) is 18.6. The molecule has 0 aliphatic carbocycles. The van der Waals surface area contributed by atoms with Crippen molar-refractivity contribution in [2.75, 3.05) is 0 Å². The van der Waals surface area contributed by atoms with E-state index in [-0.39, 0.29) is 25.7 Å². The first-order chi connectivity index (χ1) is 9.73. The highest BCUT2D eigenvalue weighted by molar-refractivity contribution is 5.84. The second-order valence-corrected chi connectivity index (χ2v) is 4.25. The van der Waals surface area contributed by atoms with Gasteiger partial charge in [0.1, 0.15) is 12.1 Å². The first-order valence-corrected chi connectivity index (χ1v) is 6.11. The van der Waals surface area contributed by atoms with Gasteiger partial charge in [0.15, 0.2) is 0 Å². The minimum absolute atomic E-state index is 0.0701. The lowest BCUT2D eigenvalue weighted by Gasteiger charge is -2.13. The molecule has 21 heavy (non-hydrogen) atoms. The maximum atomic E-state index is 11.5. The predicted molar refractivity (Wildman–Crippen MR) is 70.4 cm³/mol. The van der Waals surface area contributed by atoms with Crippen LogP contribution in [0.2, 0.25) is 0 Å². The van der Waals surface area contributed by atoms with Crippen LogP contribution in [0.1, 0.15) is 25.7 Å². The monoisotopic (exact) mass is 302 g/mol. The van der Waals surface area contributed by atoms with Gasteiger partial charge < -0.3 is 26.4 Å². The Bertz CT molecular complexity index is 433. The van der Waals surface area contributed by atoms with Gasteiger partial charge in [-0.2, -0.15) is 0 Å². The average Bonchev–Trinajstić information content (AvgIpc) is 2.38. The van der Waals surface area contributed by atoms with E-state index in [1.807, 2.05) is 0 Å². The van der Waals surface area contributed by atoms with E-state index >= 15 is 0 Å². The number of hydrogen-bond acceptors (Lipinski definition) is 5. The zero-order valence-electron chi connectivity index (χ0n) is 11.2. The molecule has 9 heteroatoms. The molecular weight excluding hydrogens is 284 g/mol. The Balaban J connectivity index is 4.27. The van der Waals surface area contributed by atoms with E-state index in [1.54, 1.807) is 0 Å². The average molecular weight is 302 g/mol. The Kier molecular flexibility index (Phi) is 8.39. The third kappa shape index (κ3) is 9.16. The zero-order valence-corrected chi connectivity index (χ0v) is 11.2. The van der Waals surface area contributed by atoms with Crippen LogP contribution in [0, 0.1) is 0 Å². The second-order valence-electron chi connectivity index (χ2n) is 4.25. The minimum atomic E-state index is -1.27. The normalized spacial score (nSPS) is 13.6. The van der Waals surface area contributed by atoms with Crippen molar-refractivity contribution in [2.45, 2.75) is 37.8 Å². The van der Waals surface area contributed by atoms with Gasteiger partial charge in [-0.1, -0.05) is 12.2 Å². The number of carboxylic acid groups (broad SMARTS) is 3. The fourth-order valence-corrected chi connectivity index (χ4v) is 1.31. The highest BCUT2D eigenvalue weighted by Gasteiger charge is 2.20. The molecule has 0 aromatic heterocycles. The van der Waals surface area contributed by atoms with Crippen molar-refractivity contribution in [3.8, 4) is 0 Å². The smallest absolute Gasteiger partial charge is 0.326 e. The number of carbonyl (C=O) groups is 4. The molecular formula is C12H18N2O7. The molecule has 0 aromatic carbocycles. The van der Waals surface area contributed by atoms with Gasteiger partial charge >= 0.3 is 17.9 Å². The molecule has 0 spiro atoms. The highest BCUT2D eigenvalue weighted by Crippen LogP contribution is 2.00. The van der Waals surface area contributed by atoms with Crippen LogP contribution in [-0.2, 0) is 19.2 Å². The maximum absolute atomic E-state index is 11.5. The first-order valence-electron chi connectivity index (χ1n) is 6.11. The van der Waals surface area contributed by atoms with Crippen LogP contribution in [0.25, 0.3) is 0 Å².